The molecule has 2 nitrogen and oxygen atoms in total. The molecular formula is C9H8I2O2. The molecule has 0 heterocycles. The van der Waals surface area contributed by atoms with E-state index in [2.05, 4.69) is 45.2 Å². The summed E-state index contributed by atoms with van der Waals surface area (Å²) in [6.45, 7) is 2.22. The molecule has 0 saturated heterocycles. The van der Waals surface area contributed by atoms with Crippen molar-refractivity contribution in [2.24, 2.45) is 0 Å². The molecule has 0 saturated carbocycles. The summed E-state index contributed by atoms with van der Waals surface area (Å²) in [4.78, 5) is 11.3. The van der Waals surface area contributed by atoms with E-state index in [-0.39, 0.29) is 5.97 Å². The predicted molar refractivity (Wildman–Crippen MR) is 67.8 cm³/mol. The van der Waals surface area contributed by atoms with Gasteiger partial charge < -0.3 is 4.74 Å². The molecule has 0 aliphatic rings. The third-order valence-corrected chi connectivity index (χ3v) is 4.30. The highest BCUT2D eigenvalue weighted by atomic mass is 127. The molecular weight excluding hydrogens is 394 g/mol. The van der Waals surface area contributed by atoms with Gasteiger partial charge in [-0.15, -0.1) is 0 Å². The summed E-state index contributed by atoms with van der Waals surface area (Å²) in [7, 11) is 0. The molecule has 0 aliphatic carbocycles. The zero-order valence-electron chi connectivity index (χ0n) is 7.01. The van der Waals surface area contributed by atoms with E-state index in [1.807, 2.05) is 12.1 Å². The predicted octanol–water partition coefficient (Wildman–Crippen LogP) is 3.07. The first-order chi connectivity index (χ1) is 6.15. The lowest BCUT2D eigenvalue weighted by Crippen LogP contribution is -2.04. The SMILES string of the molecule is CCOC(=O)c1ccc(I)c(I)c1. The Bertz CT molecular complexity index is 323. The van der Waals surface area contributed by atoms with Crippen molar-refractivity contribution >= 4 is 51.2 Å². The van der Waals surface area contributed by atoms with Gasteiger partial charge in [-0.05, 0) is 70.3 Å². The van der Waals surface area contributed by atoms with Crippen LogP contribution in [-0.4, -0.2) is 12.6 Å². The van der Waals surface area contributed by atoms with E-state index in [0.717, 1.165) is 7.14 Å². The van der Waals surface area contributed by atoms with Crippen molar-refractivity contribution in [1.82, 2.24) is 0 Å². The van der Waals surface area contributed by atoms with Crippen LogP contribution in [0.15, 0.2) is 18.2 Å². The van der Waals surface area contributed by atoms with Gasteiger partial charge in [0.25, 0.3) is 0 Å². The smallest absolute Gasteiger partial charge is 0.338 e. The van der Waals surface area contributed by atoms with Gasteiger partial charge in [-0.25, -0.2) is 4.79 Å². The molecule has 1 aromatic carbocycles. The summed E-state index contributed by atoms with van der Waals surface area (Å²) < 4.78 is 7.10. The third kappa shape index (κ3) is 3.08. The van der Waals surface area contributed by atoms with Crippen LogP contribution in [0.2, 0.25) is 0 Å². The highest BCUT2D eigenvalue weighted by Gasteiger charge is 2.07. The average molecular weight is 402 g/mol. The van der Waals surface area contributed by atoms with Gasteiger partial charge in [0, 0.05) is 7.14 Å². The van der Waals surface area contributed by atoms with Crippen LogP contribution in [0.5, 0.6) is 0 Å². The van der Waals surface area contributed by atoms with Crippen molar-refractivity contribution in [2.75, 3.05) is 6.61 Å². The van der Waals surface area contributed by atoms with Crippen molar-refractivity contribution in [3.63, 3.8) is 0 Å². The third-order valence-electron chi connectivity index (χ3n) is 1.43. The van der Waals surface area contributed by atoms with Crippen molar-refractivity contribution < 1.29 is 9.53 Å². The maximum Gasteiger partial charge on any atom is 0.338 e. The van der Waals surface area contributed by atoms with Crippen LogP contribution in [0.1, 0.15) is 17.3 Å². The second-order valence-corrected chi connectivity index (χ2v) is 4.67. The summed E-state index contributed by atoms with van der Waals surface area (Å²) in [6.07, 6.45) is 0. The zero-order valence-corrected chi connectivity index (χ0v) is 11.3. The van der Waals surface area contributed by atoms with Crippen molar-refractivity contribution in [2.45, 2.75) is 6.92 Å². The van der Waals surface area contributed by atoms with Gasteiger partial charge >= 0.3 is 5.97 Å². The van der Waals surface area contributed by atoms with Crippen LogP contribution in [-0.2, 0) is 4.74 Å². The Labute approximate surface area is 104 Å². The number of benzene rings is 1. The second kappa shape index (κ2) is 5.14. The molecule has 0 atom stereocenters. The number of rotatable bonds is 2. The number of ether oxygens (including phenoxy) is 1. The van der Waals surface area contributed by atoms with E-state index >= 15 is 0 Å². The molecule has 0 N–H and O–H groups in total. The molecule has 0 radical (unpaired) electrons. The van der Waals surface area contributed by atoms with Gasteiger partial charge in [0.2, 0.25) is 0 Å². The minimum atomic E-state index is -0.253. The molecule has 0 unspecified atom stereocenters. The van der Waals surface area contributed by atoms with Crippen molar-refractivity contribution in [3.05, 3.63) is 30.9 Å². The molecule has 0 bridgehead atoms. The molecule has 0 aliphatic heterocycles. The number of hydrogen-bond donors (Lipinski definition) is 0. The van der Waals surface area contributed by atoms with Crippen LogP contribution in [0.4, 0.5) is 0 Å². The summed E-state index contributed by atoms with van der Waals surface area (Å²) in [5.41, 5.74) is 0.617. The minimum Gasteiger partial charge on any atom is -0.462 e. The minimum absolute atomic E-state index is 0.253. The Morgan fingerprint density at radius 1 is 1.38 bits per heavy atom. The lowest BCUT2D eigenvalue weighted by atomic mass is 10.2. The van der Waals surface area contributed by atoms with Crippen LogP contribution in [0.3, 0.4) is 0 Å². The van der Waals surface area contributed by atoms with Gasteiger partial charge in [-0.3, -0.25) is 0 Å². The molecule has 0 fully saturated rings. The lowest BCUT2D eigenvalue weighted by Gasteiger charge is -2.02. The van der Waals surface area contributed by atoms with Crippen LogP contribution >= 0.6 is 45.2 Å². The van der Waals surface area contributed by atoms with Gasteiger partial charge in [-0.2, -0.15) is 0 Å². The first kappa shape index (κ1) is 11.2. The van der Waals surface area contributed by atoms with Gasteiger partial charge in [0.1, 0.15) is 0 Å². The van der Waals surface area contributed by atoms with E-state index in [9.17, 15) is 4.79 Å². The number of carbonyl (C=O) groups is 1. The Morgan fingerprint density at radius 3 is 2.62 bits per heavy atom. The molecule has 0 aromatic heterocycles. The number of halogens is 2. The standard InChI is InChI=1S/C9H8I2O2/c1-2-13-9(12)6-3-4-7(10)8(11)5-6/h3-5H,2H2,1H3. The van der Waals surface area contributed by atoms with E-state index in [1.165, 1.54) is 0 Å². The molecule has 0 amide bonds. The normalized spacial score (nSPS) is 9.77. The van der Waals surface area contributed by atoms with Gasteiger partial charge in [0.15, 0.2) is 0 Å². The van der Waals surface area contributed by atoms with Crippen LogP contribution < -0.4 is 0 Å². The molecule has 1 aromatic rings. The maximum absolute atomic E-state index is 11.3. The molecule has 70 valence electrons. The molecule has 13 heavy (non-hydrogen) atoms. The van der Waals surface area contributed by atoms with E-state index in [4.69, 9.17) is 4.74 Å². The fraction of sp³-hybridized carbons (Fsp3) is 0.222. The summed E-state index contributed by atoms with van der Waals surface area (Å²) in [6, 6.07) is 5.52. The van der Waals surface area contributed by atoms with E-state index in [1.54, 1.807) is 13.0 Å². The quantitative estimate of drug-likeness (QED) is 0.562. The van der Waals surface area contributed by atoms with Crippen molar-refractivity contribution in [1.29, 1.82) is 0 Å². The number of carbonyl (C=O) groups excluding carboxylic acids is 1. The fourth-order valence-corrected chi connectivity index (χ4v) is 1.69. The first-order valence-electron chi connectivity index (χ1n) is 3.77. The Balaban J connectivity index is 2.90. The van der Waals surface area contributed by atoms with E-state index in [0.29, 0.717) is 12.2 Å². The highest BCUT2D eigenvalue weighted by Crippen LogP contribution is 2.16. The molecule has 0 spiro atoms. The number of hydrogen-bond acceptors (Lipinski definition) is 2. The Kier molecular flexibility index (Phi) is 4.43. The van der Waals surface area contributed by atoms with Crippen molar-refractivity contribution in [3.8, 4) is 0 Å². The number of esters is 1. The first-order valence-corrected chi connectivity index (χ1v) is 5.93. The molecule has 4 heteroatoms. The topological polar surface area (TPSA) is 26.3 Å². The molecule has 1 rings (SSSR count). The summed E-state index contributed by atoms with van der Waals surface area (Å²) in [5.74, 6) is -0.253. The van der Waals surface area contributed by atoms with Gasteiger partial charge in [-0.1, -0.05) is 0 Å². The monoisotopic (exact) mass is 402 g/mol. The lowest BCUT2D eigenvalue weighted by molar-refractivity contribution is 0.0526. The Morgan fingerprint density at radius 2 is 2.08 bits per heavy atom. The van der Waals surface area contributed by atoms with Crippen LogP contribution in [0, 0.1) is 7.14 Å². The fourth-order valence-electron chi connectivity index (χ4n) is 0.838. The highest BCUT2D eigenvalue weighted by molar-refractivity contribution is 14.1. The maximum atomic E-state index is 11.3. The van der Waals surface area contributed by atoms with Crippen LogP contribution in [0.25, 0.3) is 0 Å². The Hall–Kier alpha value is 0.150. The van der Waals surface area contributed by atoms with Gasteiger partial charge in [0.05, 0.1) is 12.2 Å². The summed E-state index contributed by atoms with van der Waals surface area (Å²) >= 11 is 4.42. The van der Waals surface area contributed by atoms with E-state index < -0.39 is 0 Å². The largest absolute Gasteiger partial charge is 0.462 e. The summed E-state index contributed by atoms with van der Waals surface area (Å²) in [5, 5.41) is 0. The average Bonchev–Trinajstić information content (AvgIpc) is 2.10. The second-order valence-electron chi connectivity index (χ2n) is 2.35. The zero-order chi connectivity index (χ0) is 9.84.